The lowest BCUT2D eigenvalue weighted by Crippen LogP contribution is -2.25. The second-order valence-electron chi connectivity index (χ2n) is 5.33. The molecule has 2 aromatic heterocycles. The van der Waals surface area contributed by atoms with Crippen LogP contribution in [-0.4, -0.2) is 27.5 Å². The van der Waals surface area contributed by atoms with E-state index in [-0.39, 0.29) is 0 Å². The van der Waals surface area contributed by atoms with E-state index in [9.17, 15) is 4.79 Å². The largest absolute Gasteiger partial charge is 0.449 e. The SMILES string of the molecule is CC(C)COC(=O)NCc1cncc(-c2cnn(C)c2)c1. The Bertz CT molecular complexity index is 607. The molecule has 0 fully saturated rings. The number of hydrogen-bond donors (Lipinski definition) is 1. The molecule has 21 heavy (non-hydrogen) atoms. The number of pyridine rings is 1. The Balaban J connectivity index is 1.94. The lowest BCUT2D eigenvalue weighted by atomic mass is 10.1. The summed E-state index contributed by atoms with van der Waals surface area (Å²) in [4.78, 5) is 15.7. The molecule has 1 amide bonds. The van der Waals surface area contributed by atoms with Crippen LogP contribution in [0.25, 0.3) is 11.1 Å². The molecule has 2 rings (SSSR count). The fourth-order valence-electron chi connectivity index (χ4n) is 1.78. The molecular formula is C15H20N4O2. The second-order valence-corrected chi connectivity index (χ2v) is 5.33. The minimum Gasteiger partial charge on any atom is -0.449 e. The van der Waals surface area contributed by atoms with Crippen molar-refractivity contribution in [2.24, 2.45) is 13.0 Å². The molecule has 0 saturated carbocycles. The fraction of sp³-hybridized carbons (Fsp3) is 0.400. The standard InChI is InChI=1S/C15H20N4O2/c1-11(2)10-21-15(20)17-6-12-4-13(7-16-5-12)14-8-18-19(3)9-14/h4-5,7-9,11H,6,10H2,1-3H3,(H,17,20). The van der Waals surface area contributed by atoms with Gasteiger partial charge in [-0.1, -0.05) is 13.8 Å². The number of ether oxygens (including phenoxy) is 1. The highest BCUT2D eigenvalue weighted by Crippen LogP contribution is 2.18. The Labute approximate surface area is 124 Å². The zero-order chi connectivity index (χ0) is 15.2. The molecule has 0 aliphatic heterocycles. The van der Waals surface area contributed by atoms with Crippen LogP contribution in [0.15, 0.2) is 30.9 Å². The zero-order valence-electron chi connectivity index (χ0n) is 12.5. The molecule has 0 bridgehead atoms. The van der Waals surface area contributed by atoms with E-state index in [2.05, 4.69) is 15.4 Å². The summed E-state index contributed by atoms with van der Waals surface area (Å²) in [5.41, 5.74) is 2.88. The number of aryl methyl sites for hydroxylation is 1. The van der Waals surface area contributed by atoms with Gasteiger partial charge in [-0.2, -0.15) is 5.10 Å². The third-order valence-electron chi connectivity index (χ3n) is 2.82. The molecule has 2 aromatic rings. The summed E-state index contributed by atoms with van der Waals surface area (Å²) in [6.45, 7) is 4.79. The minimum absolute atomic E-state index is 0.325. The lowest BCUT2D eigenvalue weighted by Gasteiger charge is -2.09. The van der Waals surface area contributed by atoms with Gasteiger partial charge in [-0.05, 0) is 17.5 Å². The smallest absolute Gasteiger partial charge is 0.407 e. The number of carbonyl (C=O) groups is 1. The normalized spacial score (nSPS) is 10.7. The number of rotatable bonds is 5. The van der Waals surface area contributed by atoms with Gasteiger partial charge in [0.15, 0.2) is 0 Å². The van der Waals surface area contributed by atoms with E-state index >= 15 is 0 Å². The van der Waals surface area contributed by atoms with E-state index in [0.29, 0.717) is 19.1 Å². The van der Waals surface area contributed by atoms with E-state index in [1.807, 2.05) is 33.2 Å². The quantitative estimate of drug-likeness (QED) is 0.917. The number of nitrogens with one attached hydrogen (secondary N) is 1. The van der Waals surface area contributed by atoms with Crippen LogP contribution in [0.1, 0.15) is 19.4 Å². The Morgan fingerprint density at radius 1 is 1.33 bits per heavy atom. The van der Waals surface area contributed by atoms with E-state index < -0.39 is 6.09 Å². The molecule has 0 aliphatic rings. The second kappa shape index (κ2) is 6.88. The summed E-state index contributed by atoms with van der Waals surface area (Å²) in [6, 6.07) is 1.98. The first-order chi connectivity index (χ1) is 10.0. The molecule has 0 saturated heterocycles. The van der Waals surface area contributed by atoms with Crippen LogP contribution in [0.4, 0.5) is 4.79 Å². The zero-order valence-corrected chi connectivity index (χ0v) is 12.5. The van der Waals surface area contributed by atoms with Crippen LogP contribution in [-0.2, 0) is 18.3 Å². The molecule has 112 valence electrons. The van der Waals surface area contributed by atoms with Crippen molar-refractivity contribution < 1.29 is 9.53 Å². The molecule has 2 heterocycles. The third kappa shape index (κ3) is 4.59. The van der Waals surface area contributed by atoms with Crippen LogP contribution >= 0.6 is 0 Å². The molecule has 0 aromatic carbocycles. The van der Waals surface area contributed by atoms with Gasteiger partial charge in [0.1, 0.15) is 0 Å². The van der Waals surface area contributed by atoms with Crippen molar-refractivity contribution in [1.29, 1.82) is 0 Å². The number of carbonyl (C=O) groups excluding carboxylic acids is 1. The summed E-state index contributed by atoms with van der Waals surface area (Å²) in [5.74, 6) is 0.325. The van der Waals surface area contributed by atoms with E-state index in [1.54, 1.807) is 23.3 Å². The van der Waals surface area contributed by atoms with Crippen LogP contribution in [0.3, 0.4) is 0 Å². The predicted molar refractivity (Wildman–Crippen MR) is 79.5 cm³/mol. The van der Waals surface area contributed by atoms with Crippen molar-refractivity contribution in [3.63, 3.8) is 0 Å². The summed E-state index contributed by atoms with van der Waals surface area (Å²) >= 11 is 0. The van der Waals surface area contributed by atoms with Crippen LogP contribution in [0.2, 0.25) is 0 Å². The van der Waals surface area contributed by atoms with Gasteiger partial charge >= 0.3 is 6.09 Å². The Morgan fingerprint density at radius 3 is 2.81 bits per heavy atom. The molecule has 0 radical (unpaired) electrons. The molecular weight excluding hydrogens is 268 g/mol. The first-order valence-electron chi connectivity index (χ1n) is 6.88. The Morgan fingerprint density at radius 2 is 2.14 bits per heavy atom. The summed E-state index contributed by atoms with van der Waals surface area (Å²) in [5, 5.41) is 6.85. The molecule has 0 unspecified atom stereocenters. The van der Waals surface area contributed by atoms with Gasteiger partial charge in [0.2, 0.25) is 0 Å². The highest BCUT2D eigenvalue weighted by molar-refractivity contribution is 5.67. The maximum Gasteiger partial charge on any atom is 0.407 e. The summed E-state index contributed by atoms with van der Waals surface area (Å²) < 4.78 is 6.80. The Hall–Kier alpha value is -2.37. The van der Waals surface area contributed by atoms with Crippen molar-refractivity contribution in [3.8, 4) is 11.1 Å². The van der Waals surface area contributed by atoms with Gasteiger partial charge in [-0.15, -0.1) is 0 Å². The van der Waals surface area contributed by atoms with Crippen LogP contribution in [0, 0.1) is 5.92 Å². The van der Waals surface area contributed by atoms with Gasteiger partial charge in [0.25, 0.3) is 0 Å². The first-order valence-corrected chi connectivity index (χ1v) is 6.88. The molecule has 0 spiro atoms. The topological polar surface area (TPSA) is 69.0 Å². The first kappa shape index (κ1) is 15.0. The minimum atomic E-state index is -0.407. The monoisotopic (exact) mass is 288 g/mol. The average Bonchev–Trinajstić information content (AvgIpc) is 2.90. The van der Waals surface area contributed by atoms with Gasteiger partial charge < -0.3 is 10.1 Å². The van der Waals surface area contributed by atoms with Gasteiger partial charge in [0, 0.05) is 43.3 Å². The number of hydrogen-bond acceptors (Lipinski definition) is 4. The molecule has 6 heteroatoms. The maximum atomic E-state index is 11.5. The predicted octanol–water partition coefficient (Wildman–Crippen LogP) is 2.36. The van der Waals surface area contributed by atoms with Gasteiger partial charge in [-0.25, -0.2) is 4.79 Å². The van der Waals surface area contributed by atoms with E-state index in [1.165, 1.54) is 0 Å². The third-order valence-corrected chi connectivity index (χ3v) is 2.82. The van der Waals surface area contributed by atoms with Crippen molar-refractivity contribution in [1.82, 2.24) is 20.1 Å². The summed E-state index contributed by atoms with van der Waals surface area (Å²) in [7, 11) is 1.87. The number of aromatic nitrogens is 3. The molecule has 0 aliphatic carbocycles. The fourth-order valence-corrected chi connectivity index (χ4v) is 1.78. The van der Waals surface area contributed by atoms with E-state index in [0.717, 1.165) is 16.7 Å². The van der Waals surface area contributed by atoms with Gasteiger partial charge in [0.05, 0.1) is 12.8 Å². The van der Waals surface area contributed by atoms with Crippen LogP contribution in [0.5, 0.6) is 0 Å². The van der Waals surface area contributed by atoms with Crippen LogP contribution < -0.4 is 5.32 Å². The summed E-state index contributed by atoms with van der Waals surface area (Å²) in [6.07, 6.45) is 6.80. The molecule has 0 atom stereocenters. The molecule has 1 N–H and O–H groups in total. The average molecular weight is 288 g/mol. The highest BCUT2D eigenvalue weighted by atomic mass is 16.5. The Kier molecular flexibility index (Phi) is 4.92. The van der Waals surface area contributed by atoms with Crippen molar-refractivity contribution in [3.05, 3.63) is 36.4 Å². The van der Waals surface area contributed by atoms with Crippen molar-refractivity contribution >= 4 is 6.09 Å². The van der Waals surface area contributed by atoms with Crippen molar-refractivity contribution in [2.75, 3.05) is 6.61 Å². The maximum absolute atomic E-state index is 11.5. The van der Waals surface area contributed by atoms with Crippen molar-refractivity contribution in [2.45, 2.75) is 20.4 Å². The number of amides is 1. The number of nitrogens with zero attached hydrogens (tertiary/aromatic N) is 3. The molecule has 6 nitrogen and oxygen atoms in total. The van der Waals surface area contributed by atoms with Gasteiger partial charge in [-0.3, -0.25) is 9.67 Å². The number of alkyl carbamates (subject to hydrolysis) is 1. The highest BCUT2D eigenvalue weighted by Gasteiger charge is 2.06. The lowest BCUT2D eigenvalue weighted by molar-refractivity contribution is 0.132. The van der Waals surface area contributed by atoms with E-state index in [4.69, 9.17) is 4.74 Å².